The van der Waals surface area contributed by atoms with Gasteiger partial charge in [0.2, 0.25) is 5.79 Å². The molecule has 9 nitrogen and oxygen atoms in total. The van der Waals surface area contributed by atoms with E-state index in [9.17, 15) is 9.59 Å². The highest BCUT2D eigenvalue weighted by Crippen LogP contribution is 2.60. The molecule has 45 heavy (non-hydrogen) atoms. The van der Waals surface area contributed by atoms with Crippen molar-refractivity contribution in [1.29, 1.82) is 0 Å². The van der Waals surface area contributed by atoms with Crippen LogP contribution in [0.5, 0.6) is 17.2 Å². The van der Waals surface area contributed by atoms with Crippen molar-refractivity contribution >= 4 is 28.3 Å². The van der Waals surface area contributed by atoms with Crippen LogP contribution in [0.15, 0.2) is 67.2 Å². The monoisotopic (exact) mass is 614 g/mol. The molecule has 5 aliphatic rings. The zero-order valence-corrected chi connectivity index (χ0v) is 25.2. The van der Waals surface area contributed by atoms with Gasteiger partial charge in [-0.05, 0) is 102 Å². The van der Waals surface area contributed by atoms with Crippen LogP contribution in [-0.4, -0.2) is 48.8 Å². The minimum Gasteiger partial charge on any atom is -0.490 e. The standard InChI is InChI=1S/C36H38O9/c1-22(33-21-42-36(45-44-33)28-15-23-14-24(17-28)18-29(36)16-23)25-2-6-30(7-3-25)43-32-9-5-26-4-8-31(19-27(26)20-32)40-12-13-41-35(39)11-10-34(37)38/h2-9,19-20,23-24,28-29,33H,1,10-18,21H2,(H,37,38). The first-order chi connectivity index (χ1) is 21.8. The van der Waals surface area contributed by atoms with E-state index in [1.807, 2.05) is 60.7 Å². The molecule has 3 aromatic carbocycles. The Bertz CT molecular complexity index is 1540. The van der Waals surface area contributed by atoms with Gasteiger partial charge in [-0.3, -0.25) is 9.59 Å². The largest absolute Gasteiger partial charge is 0.490 e. The summed E-state index contributed by atoms with van der Waals surface area (Å²) in [5.74, 6) is 2.34. The molecule has 0 amide bonds. The molecule has 4 bridgehead atoms. The van der Waals surface area contributed by atoms with Gasteiger partial charge in [0, 0.05) is 11.8 Å². The van der Waals surface area contributed by atoms with Crippen molar-refractivity contribution in [3.05, 3.63) is 72.8 Å². The van der Waals surface area contributed by atoms with Gasteiger partial charge in [0.25, 0.3) is 0 Å². The van der Waals surface area contributed by atoms with Gasteiger partial charge in [-0.1, -0.05) is 30.8 Å². The second kappa shape index (κ2) is 12.5. The number of carboxylic acid groups (broad SMARTS) is 1. The Morgan fingerprint density at radius 2 is 1.49 bits per heavy atom. The van der Waals surface area contributed by atoms with Gasteiger partial charge >= 0.3 is 11.9 Å². The van der Waals surface area contributed by atoms with Crippen LogP contribution in [0.4, 0.5) is 0 Å². The molecule has 3 aromatic rings. The molecule has 1 spiro atoms. The smallest absolute Gasteiger partial charge is 0.306 e. The predicted molar refractivity (Wildman–Crippen MR) is 165 cm³/mol. The third-order valence-corrected chi connectivity index (χ3v) is 9.82. The lowest BCUT2D eigenvalue weighted by atomic mass is 9.53. The number of carboxylic acids is 1. The highest BCUT2D eigenvalue weighted by atomic mass is 17.2. The van der Waals surface area contributed by atoms with Gasteiger partial charge in [-0.2, -0.15) is 4.89 Å². The normalized spacial score (nSPS) is 28.2. The van der Waals surface area contributed by atoms with Crippen LogP contribution in [0.1, 0.15) is 50.5 Å². The van der Waals surface area contributed by atoms with Crippen molar-refractivity contribution in [3.8, 4) is 17.2 Å². The van der Waals surface area contributed by atoms with Crippen molar-refractivity contribution in [3.63, 3.8) is 0 Å². The maximum Gasteiger partial charge on any atom is 0.306 e. The lowest BCUT2D eigenvalue weighted by Crippen LogP contribution is -2.63. The number of carbonyl (C=O) groups excluding carboxylic acids is 1. The summed E-state index contributed by atoms with van der Waals surface area (Å²) in [6.45, 7) is 4.94. The molecule has 4 aliphatic carbocycles. The van der Waals surface area contributed by atoms with E-state index in [0.29, 0.717) is 35.7 Å². The number of aliphatic carboxylic acids is 1. The molecule has 5 fully saturated rings. The fraction of sp³-hybridized carbons (Fsp3) is 0.444. The fourth-order valence-corrected chi connectivity index (χ4v) is 7.77. The Morgan fingerprint density at radius 1 is 0.822 bits per heavy atom. The van der Waals surface area contributed by atoms with Crippen LogP contribution in [0, 0.1) is 23.7 Å². The molecule has 1 atom stereocenters. The molecular formula is C36H38O9. The summed E-state index contributed by atoms with van der Waals surface area (Å²) in [6.07, 6.45) is 5.35. The van der Waals surface area contributed by atoms with Crippen molar-refractivity contribution < 1.29 is 43.4 Å². The molecule has 8 rings (SSSR count). The number of ether oxygens (including phenoxy) is 4. The third kappa shape index (κ3) is 6.30. The highest BCUT2D eigenvalue weighted by Gasteiger charge is 2.61. The molecule has 4 saturated carbocycles. The first-order valence-electron chi connectivity index (χ1n) is 15.8. The van der Waals surface area contributed by atoms with Crippen molar-refractivity contribution in [2.45, 2.75) is 56.8 Å². The summed E-state index contributed by atoms with van der Waals surface area (Å²) in [6, 6.07) is 19.3. The number of esters is 1. The van der Waals surface area contributed by atoms with Crippen molar-refractivity contribution in [2.24, 2.45) is 23.7 Å². The maximum absolute atomic E-state index is 11.6. The molecule has 0 radical (unpaired) electrons. The maximum atomic E-state index is 11.6. The van der Waals surface area contributed by atoms with Crippen LogP contribution < -0.4 is 9.47 Å². The van der Waals surface area contributed by atoms with E-state index in [-0.39, 0.29) is 32.2 Å². The van der Waals surface area contributed by atoms with Gasteiger partial charge in [0.15, 0.2) is 0 Å². The van der Waals surface area contributed by atoms with E-state index >= 15 is 0 Å². The highest BCUT2D eigenvalue weighted by molar-refractivity contribution is 5.85. The molecule has 1 N–H and O–H groups in total. The zero-order valence-electron chi connectivity index (χ0n) is 25.2. The SMILES string of the molecule is C=C(c1ccc(Oc2ccc3ccc(OCCOC(=O)CCC(=O)O)cc3c2)cc1)C1COC2(OO1)C1CC3CC(C1)CC2C3. The number of hydrogen-bond acceptors (Lipinski definition) is 8. The average Bonchev–Trinajstić information content (AvgIpc) is 3.04. The minimum absolute atomic E-state index is 0.0391. The van der Waals surface area contributed by atoms with Crippen LogP contribution in [0.25, 0.3) is 16.3 Å². The summed E-state index contributed by atoms with van der Waals surface area (Å²) in [4.78, 5) is 34.3. The molecule has 0 aromatic heterocycles. The van der Waals surface area contributed by atoms with Crippen LogP contribution in [-0.2, 0) is 28.8 Å². The van der Waals surface area contributed by atoms with E-state index in [2.05, 4.69) is 6.58 Å². The lowest BCUT2D eigenvalue weighted by Gasteiger charge is -2.60. The molecule has 1 saturated heterocycles. The third-order valence-electron chi connectivity index (χ3n) is 9.82. The number of rotatable bonds is 11. The van der Waals surface area contributed by atoms with Crippen LogP contribution >= 0.6 is 0 Å². The number of fused-ring (bicyclic) bond motifs is 1. The summed E-state index contributed by atoms with van der Waals surface area (Å²) in [7, 11) is 0. The summed E-state index contributed by atoms with van der Waals surface area (Å²) in [5, 5.41) is 10.6. The molecular weight excluding hydrogens is 576 g/mol. The molecule has 9 heteroatoms. The van der Waals surface area contributed by atoms with E-state index in [1.165, 1.54) is 32.1 Å². The first kappa shape index (κ1) is 29.8. The van der Waals surface area contributed by atoms with E-state index in [0.717, 1.165) is 33.7 Å². The van der Waals surface area contributed by atoms with E-state index < -0.39 is 17.7 Å². The zero-order chi connectivity index (χ0) is 31.0. The van der Waals surface area contributed by atoms with Gasteiger partial charge < -0.3 is 24.1 Å². The fourth-order valence-electron chi connectivity index (χ4n) is 7.77. The average molecular weight is 615 g/mol. The molecule has 1 heterocycles. The van der Waals surface area contributed by atoms with Gasteiger partial charge in [0.1, 0.15) is 36.6 Å². The first-order valence-corrected chi connectivity index (χ1v) is 15.8. The second-order valence-corrected chi connectivity index (χ2v) is 12.8. The van der Waals surface area contributed by atoms with Crippen LogP contribution in [0.3, 0.4) is 0 Å². The number of benzene rings is 3. The van der Waals surface area contributed by atoms with Crippen LogP contribution in [0.2, 0.25) is 0 Å². The van der Waals surface area contributed by atoms with E-state index in [4.69, 9.17) is 33.8 Å². The molecule has 1 aliphatic heterocycles. The summed E-state index contributed by atoms with van der Waals surface area (Å²) >= 11 is 0. The van der Waals surface area contributed by atoms with Gasteiger partial charge in [0.05, 0.1) is 19.4 Å². The summed E-state index contributed by atoms with van der Waals surface area (Å²) < 4.78 is 23.4. The topological polar surface area (TPSA) is 110 Å². The Kier molecular flexibility index (Phi) is 8.25. The van der Waals surface area contributed by atoms with Gasteiger partial charge in [-0.25, -0.2) is 4.89 Å². The Morgan fingerprint density at radius 3 is 2.16 bits per heavy atom. The number of carbonyl (C=O) groups is 2. The summed E-state index contributed by atoms with van der Waals surface area (Å²) in [5.41, 5.74) is 1.75. The van der Waals surface area contributed by atoms with Crippen molar-refractivity contribution in [1.82, 2.24) is 0 Å². The second-order valence-electron chi connectivity index (χ2n) is 12.8. The Labute approximate surface area is 261 Å². The Balaban J connectivity index is 0.918. The Hall–Kier alpha value is -3.92. The van der Waals surface area contributed by atoms with E-state index in [1.54, 1.807) is 0 Å². The van der Waals surface area contributed by atoms with Gasteiger partial charge in [-0.15, -0.1) is 0 Å². The molecule has 1 unspecified atom stereocenters. The molecule has 236 valence electrons. The number of hydrogen-bond donors (Lipinski definition) is 1. The van der Waals surface area contributed by atoms with Crippen molar-refractivity contribution in [2.75, 3.05) is 19.8 Å². The lowest BCUT2D eigenvalue weighted by molar-refractivity contribution is -0.517. The minimum atomic E-state index is -1.04. The predicted octanol–water partition coefficient (Wildman–Crippen LogP) is 6.93. The quantitative estimate of drug-likeness (QED) is 0.140.